The van der Waals surface area contributed by atoms with Gasteiger partial charge in [-0.05, 0) is 12.1 Å². The second kappa shape index (κ2) is 6.62. The molecule has 5 nitrogen and oxygen atoms in total. The van der Waals surface area contributed by atoms with E-state index in [2.05, 4.69) is 20.9 Å². The van der Waals surface area contributed by atoms with Crippen LogP contribution < -0.4 is 5.32 Å². The van der Waals surface area contributed by atoms with Crippen molar-refractivity contribution in [1.29, 1.82) is 0 Å². The van der Waals surface area contributed by atoms with E-state index >= 15 is 0 Å². The van der Waals surface area contributed by atoms with Gasteiger partial charge in [-0.25, -0.2) is 0 Å². The van der Waals surface area contributed by atoms with Crippen molar-refractivity contribution in [2.45, 2.75) is 26.8 Å². The fourth-order valence-electron chi connectivity index (χ4n) is 2.58. The van der Waals surface area contributed by atoms with Crippen LogP contribution in [-0.2, 0) is 16.6 Å². The van der Waals surface area contributed by atoms with E-state index in [1.54, 1.807) is 0 Å². The van der Waals surface area contributed by atoms with Crippen LogP contribution >= 0.6 is 0 Å². The molecule has 1 unspecified atom stereocenters. The van der Waals surface area contributed by atoms with E-state index in [4.69, 9.17) is 4.74 Å². The van der Waals surface area contributed by atoms with E-state index < -0.39 is 0 Å². The third-order valence-corrected chi connectivity index (χ3v) is 3.95. The second-order valence-corrected chi connectivity index (χ2v) is 6.67. The van der Waals surface area contributed by atoms with Crippen molar-refractivity contribution in [3.05, 3.63) is 24.0 Å². The average molecular weight is 293 g/mol. The van der Waals surface area contributed by atoms with Crippen molar-refractivity contribution >= 4 is 5.91 Å². The molecule has 0 spiro atoms. The summed E-state index contributed by atoms with van der Waals surface area (Å²) >= 11 is 0. The SMILES string of the molecule is Cn1cccc1C(CNC(=O)C(C)(C)C)N1CCOCC1. The number of morpholine rings is 1. The number of aromatic nitrogens is 1. The van der Waals surface area contributed by atoms with Crippen LogP contribution in [0.5, 0.6) is 0 Å². The van der Waals surface area contributed by atoms with Crippen molar-refractivity contribution in [3.8, 4) is 0 Å². The van der Waals surface area contributed by atoms with E-state index in [0.29, 0.717) is 6.54 Å². The molecule has 118 valence electrons. The lowest BCUT2D eigenvalue weighted by Crippen LogP contribution is -2.46. The number of rotatable bonds is 4. The first-order chi connectivity index (χ1) is 9.89. The first-order valence-corrected chi connectivity index (χ1v) is 7.61. The molecule has 1 amide bonds. The highest BCUT2D eigenvalue weighted by atomic mass is 16.5. The van der Waals surface area contributed by atoms with Crippen LogP contribution in [0.1, 0.15) is 32.5 Å². The third-order valence-electron chi connectivity index (χ3n) is 3.95. The maximum Gasteiger partial charge on any atom is 0.225 e. The Morgan fingerprint density at radius 1 is 1.38 bits per heavy atom. The summed E-state index contributed by atoms with van der Waals surface area (Å²) in [6.45, 7) is 9.77. The molecule has 1 aliphatic heterocycles. The Bertz CT molecular complexity index is 470. The van der Waals surface area contributed by atoms with Gasteiger partial charge in [0.05, 0.1) is 19.3 Å². The maximum atomic E-state index is 12.1. The fraction of sp³-hybridized carbons (Fsp3) is 0.688. The summed E-state index contributed by atoms with van der Waals surface area (Å²) in [7, 11) is 2.05. The summed E-state index contributed by atoms with van der Waals surface area (Å²) in [4.78, 5) is 14.5. The van der Waals surface area contributed by atoms with Gasteiger partial charge in [-0.1, -0.05) is 20.8 Å². The number of hydrogen-bond acceptors (Lipinski definition) is 3. The Hall–Kier alpha value is -1.33. The minimum absolute atomic E-state index is 0.0926. The van der Waals surface area contributed by atoms with Crippen LogP contribution in [0.25, 0.3) is 0 Å². The number of carbonyl (C=O) groups is 1. The molecule has 1 atom stereocenters. The molecular weight excluding hydrogens is 266 g/mol. The lowest BCUT2D eigenvalue weighted by atomic mass is 9.95. The Morgan fingerprint density at radius 2 is 2.05 bits per heavy atom. The number of aryl methyl sites for hydroxylation is 1. The summed E-state index contributed by atoms with van der Waals surface area (Å²) in [6.07, 6.45) is 2.05. The molecule has 2 rings (SSSR count). The molecule has 1 N–H and O–H groups in total. The van der Waals surface area contributed by atoms with Crippen molar-refractivity contribution in [2.24, 2.45) is 12.5 Å². The number of hydrogen-bond donors (Lipinski definition) is 1. The van der Waals surface area contributed by atoms with Crippen LogP contribution in [0, 0.1) is 5.41 Å². The van der Waals surface area contributed by atoms with Gasteiger partial charge in [0, 0.05) is 44.0 Å². The summed E-state index contributed by atoms with van der Waals surface area (Å²) in [5.41, 5.74) is 0.871. The maximum absolute atomic E-state index is 12.1. The second-order valence-electron chi connectivity index (χ2n) is 6.67. The van der Waals surface area contributed by atoms with Gasteiger partial charge < -0.3 is 14.6 Å². The van der Waals surface area contributed by atoms with Crippen LogP contribution in [0.4, 0.5) is 0 Å². The van der Waals surface area contributed by atoms with E-state index in [0.717, 1.165) is 26.3 Å². The molecule has 0 saturated carbocycles. The molecule has 0 aliphatic carbocycles. The number of carbonyl (C=O) groups excluding carboxylic acids is 1. The molecule has 0 radical (unpaired) electrons. The lowest BCUT2D eigenvalue weighted by molar-refractivity contribution is -0.128. The molecule has 21 heavy (non-hydrogen) atoms. The van der Waals surface area contributed by atoms with E-state index in [9.17, 15) is 4.79 Å². The number of amides is 1. The van der Waals surface area contributed by atoms with E-state index in [1.807, 2.05) is 40.1 Å². The minimum Gasteiger partial charge on any atom is -0.379 e. The summed E-state index contributed by atoms with van der Waals surface area (Å²) < 4.78 is 7.57. The molecule has 1 aromatic heterocycles. The normalized spacial score (nSPS) is 18.5. The minimum atomic E-state index is -0.357. The third kappa shape index (κ3) is 4.08. The van der Waals surface area contributed by atoms with Gasteiger partial charge in [-0.2, -0.15) is 0 Å². The van der Waals surface area contributed by atoms with Crippen LogP contribution in [0.2, 0.25) is 0 Å². The van der Waals surface area contributed by atoms with E-state index in [1.165, 1.54) is 5.69 Å². The number of ether oxygens (including phenoxy) is 1. The lowest BCUT2D eigenvalue weighted by Gasteiger charge is -2.35. The highest BCUT2D eigenvalue weighted by molar-refractivity contribution is 5.81. The standard InChI is InChI=1S/C16H27N3O2/c1-16(2,3)15(20)17-12-14(13-6-5-7-18(13)4)19-8-10-21-11-9-19/h5-7,14H,8-12H2,1-4H3,(H,17,20). The highest BCUT2D eigenvalue weighted by Gasteiger charge is 2.27. The summed E-state index contributed by atoms with van der Waals surface area (Å²) in [6, 6.07) is 4.37. The molecule has 0 aromatic carbocycles. The van der Waals surface area contributed by atoms with Crippen molar-refractivity contribution < 1.29 is 9.53 Å². The van der Waals surface area contributed by atoms with Crippen molar-refractivity contribution in [2.75, 3.05) is 32.8 Å². The zero-order valence-electron chi connectivity index (χ0n) is 13.6. The fourth-order valence-corrected chi connectivity index (χ4v) is 2.58. The van der Waals surface area contributed by atoms with Gasteiger partial charge in [0.15, 0.2) is 0 Å². The zero-order chi connectivity index (χ0) is 15.5. The van der Waals surface area contributed by atoms with Gasteiger partial charge in [0.1, 0.15) is 0 Å². The molecule has 1 aliphatic rings. The molecule has 1 saturated heterocycles. The van der Waals surface area contributed by atoms with Gasteiger partial charge in [-0.3, -0.25) is 9.69 Å². The van der Waals surface area contributed by atoms with Crippen LogP contribution in [0.15, 0.2) is 18.3 Å². The van der Waals surface area contributed by atoms with Gasteiger partial charge in [-0.15, -0.1) is 0 Å². The van der Waals surface area contributed by atoms with Crippen molar-refractivity contribution in [1.82, 2.24) is 14.8 Å². The Morgan fingerprint density at radius 3 is 2.57 bits per heavy atom. The van der Waals surface area contributed by atoms with E-state index in [-0.39, 0.29) is 17.4 Å². The molecule has 5 heteroatoms. The number of nitrogens with one attached hydrogen (secondary N) is 1. The Kier molecular flexibility index (Phi) is 5.06. The average Bonchev–Trinajstić information content (AvgIpc) is 2.85. The zero-order valence-corrected chi connectivity index (χ0v) is 13.6. The monoisotopic (exact) mass is 293 g/mol. The predicted molar refractivity (Wildman–Crippen MR) is 83.0 cm³/mol. The molecular formula is C16H27N3O2. The molecule has 1 fully saturated rings. The number of nitrogens with zero attached hydrogens (tertiary/aromatic N) is 2. The topological polar surface area (TPSA) is 46.5 Å². The van der Waals surface area contributed by atoms with Gasteiger partial charge in [0.2, 0.25) is 5.91 Å². The predicted octanol–water partition coefficient (Wildman–Crippen LogP) is 1.56. The summed E-state index contributed by atoms with van der Waals surface area (Å²) in [5, 5.41) is 3.10. The van der Waals surface area contributed by atoms with Crippen LogP contribution in [0.3, 0.4) is 0 Å². The van der Waals surface area contributed by atoms with Gasteiger partial charge >= 0.3 is 0 Å². The van der Waals surface area contributed by atoms with Crippen LogP contribution in [-0.4, -0.2) is 48.2 Å². The molecule has 0 bridgehead atoms. The smallest absolute Gasteiger partial charge is 0.225 e. The Balaban J connectivity index is 2.09. The molecule has 1 aromatic rings. The molecule has 2 heterocycles. The summed E-state index contributed by atoms with van der Waals surface area (Å²) in [5.74, 6) is 0.0926. The van der Waals surface area contributed by atoms with Gasteiger partial charge in [0.25, 0.3) is 0 Å². The first kappa shape index (κ1) is 16.0. The van der Waals surface area contributed by atoms with Crippen molar-refractivity contribution in [3.63, 3.8) is 0 Å². The first-order valence-electron chi connectivity index (χ1n) is 7.61. The highest BCUT2D eigenvalue weighted by Crippen LogP contribution is 2.22. The quantitative estimate of drug-likeness (QED) is 0.916. The largest absolute Gasteiger partial charge is 0.379 e. The Labute approximate surface area is 127 Å².